The molecule has 0 saturated heterocycles. The van der Waals surface area contributed by atoms with Crippen LogP contribution < -0.4 is 15.4 Å². The summed E-state index contributed by atoms with van der Waals surface area (Å²) in [6, 6.07) is 12.9. The lowest BCUT2D eigenvalue weighted by molar-refractivity contribution is -0.124. The van der Waals surface area contributed by atoms with Crippen LogP contribution in [-0.4, -0.2) is 39.7 Å². The van der Waals surface area contributed by atoms with E-state index in [1.54, 1.807) is 23.1 Å². The zero-order valence-electron chi connectivity index (χ0n) is 16.4. The molecular formula is C21H23N5O3. The second-order valence-electron chi connectivity index (χ2n) is 6.51. The summed E-state index contributed by atoms with van der Waals surface area (Å²) in [5.41, 5.74) is 3.66. The fourth-order valence-electron chi connectivity index (χ4n) is 2.65. The summed E-state index contributed by atoms with van der Waals surface area (Å²) >= 11 is 0. The number of carbonyl (C=O) groups is 2. The van der Waals surface area contributed by atoms with Crippen molar-refractivity contribution in [2.24, 2.45) is 0 Å². The molecule has 3 rings (SSSR count). The van der Waals surface area contributed by atoms with Crippen LogP contribution in [0.5, 0.6) is 5.75 Å². The number of benzene rings is 2. The lowest BCUT2D eigenvalue weighted by Gasteiger charge is -2.11. The van der Waals surface area contributed by atoms with E-state index in [9.17, 15) is 9.59 Å². The first-order chi connectivity index (χ1) is 14.0. The van der Waals surface area contributed by atoms with E-state index in [1.165, 1.54) is 6.33 Å². The number of hydrogen-bond donors (Lipinski definition) is 2. The summed E-state index contributed by atoms with van der Waals surface area (Å²) in [6.07, 6.45) is 3.21. The first kappa shape index (κ1) is 20.1. The summed E-state index contributed by atoms with van der Waals surface area (Å²) in [5.74, 6) is 0.221. The zero-order valence-corrected chi connectivity index (χ0v) is 16.4. The van der Waals surface area contributed by atoms with Crippen molar-refractivity contribution in [1.82, 2.24) is 20.1 Å². The number of hydrogen-bond acceptors (Lipinski definition) is 5. The van der Waals surface area contributed by atoms with Crippen molar-refractivity contribution in [3.63, 3.8) is 0 Å². The highest BCUT2D eigenvalue weighted by molar-refractivity contribution is 5.94. The third kappa shape index (κ3) is 5.65. The Bertz CT molecular complexity index is 968. The van der Waals surface area contributed by atoms with E-state index in [1.807, 2.05) is 44.2 Å². The monoisotopic (exact) mass is 393 g/mol. The minimum Gasteiger partial charge on any atom is -0.493 e. The fraction of sp³-hybridized carbons (Fsp3) is 0.238. The molecule has 1 heterocycles. The van der Waals surface area contributed by atoms with Gasteiger partial charge in [-0.3, -0.25) is 9.59 Å². The number of nitrogens with zero attached hydrogens (tertiary/aromatic N) is 3. The molecule has 29 heavy (non-hydrogen) atoms. The second-order valence-corrected chi connectivity index (χ2v) is 6.51. The molecule has 1 aromatic heterocycles. The van der Waals surface area contributed by atoms with Crippen LogP contribution in [0.15, 0.2) is 55.1 Å². The van der Waals surface area contributed by atoms with Gasteiger partial charge in [0, 0.05) is 5.69 Å². The summed E-state index contributed by atoms with van der Waals surface area (Å²) in [4.78, 5) is 27.8. The molecule has 2 aromatic carbocycles. The largest absolute Gasteiger partial charge is 0.493 e. The first-order valence-corrected chi connectivity index (χ1v) is 9.23. The molecule has 3 aromatic rings. The predicted molar refractivity (Wildman–Crippen MR) is 109 cm³/mol. The van der Waals surface area contributed by atoms with Gasteiger partial charge in [0.2, 0.25) is 11.8 Å². The molecule has 0 saturated carbocycles. The Morgan fingerprint density at radius 1 is 1.07 bits per heavy atom. The minimum absolute atomic E-state index is 0.104. The maximum Gasteiger partial charge on any atom is 0.243 e. The summed E-state index contributed by atoms with van der Waals surface area (Å²) in [5, 5.41) is 9.37. The molecule has 0 spiro atoms. The highest BCUT2D eigenvalue weighted by atomic mass is 16.5. The average Bonchev–Trinajstić information content (AvgIpc) is 3.25. The van der Waals surface area contributed by atoms with Crippen LogP contribution in [0.3, 0.4) is 0 Å². The van der Waals surface area contributed by atoms with Crippen LogP contribution in [0.4, 0.5) is 5.69 Å². The molecule has 8 heteroatoms. The molecule has 2 N–H and O–H groups in total. The molecule has 2 amide bonds. The Hall–Kier alpha value is -3.68. The molecule has 0 unspecified atom stereocenters. The third-order valence-corrected chi connectivity index (χ3v) is 4.42. The Labute approximate surface area is 168 Å². The lowest BCUT2D eigenvalue weighted by Crippen LogP contribution is -2.33. The van der Waals surface area contributed by atoms with Crippen molar-refractivity contribution in [1.29, 1.82) is 0 Å². The van der Waals surface area contributed by atoms with E-state index in [0.29, 0.717) is 5.69 Å². The third-order valence-electron chi connectivity index (χ3n) is 4.42. The molecule has 0 aliphatic carbocycles. The van der Waals surface area contributed by atoms with Crippen LogP contribution in [0.25, 0.3) is 5.69 Å². The molecule has 8 nitrogen and oxygen atoms in total. The number of rotatable bonds is 8. The van der Waals surface area contributed by atoms with Gasteiger partial charge in [0.15, 0.2) is 0 Å². The minimum atomic E-state index is -0.303. The van der Waals surface area contributed by atoms with Crippen molar-refractivity contribution >= 4 is 17.5 Å². The average molecular weight is 393 g/mol. The van der Waals surface area contributed by atoms with Crippen LogP contribution in [0.1, 0.15) is 17.5 Å². The SMILES string of the molecule is Cc1cccc(OCCC(=O)NCC(=O)Nc2ccc(-n3cncn3)cc2)c1C. The molecule has 0 fully saturated rings. The van der Waals surface area contributed by atoms with E-state index in [2.05, 4.69) is 20.7 Å². The van der Waals surface area contributed by atoms with Gasteiger partial charge in [0.1, 0.15) is 18.4 Å². The number of aromatic nitrogens is 3. The number of aryl methyl sites for hydroxylation is 1. The van der Waals surface area contributed by atoms with Crippen molar-refractivity contribution in [3.05, 3.63) is 66.2 Å². The van der Waals surface area contributed by atoms with E-state index < -0.39 is 0 Å². The van der Waals surface area contributed by atoms with Crippen LogP contribution in [0, 0.1) is 13.8 Å². The van der Waals surface area contributed by atoms with Gasteiger partial charge in [-0.1, -0.05) is 12.1 Å². The van der Waals surface area contributed by atoms with Gasteiger partial charge < -0.3 is 15.4 Å². The quantitative estimate of drug-likeness (QED) is 0.612. The smallest absolute Gasteiger partial charge is 0.243 e. The van der Waals surface area contributed by atoms with Crippen molar-refractivity contribution in [2.75, 3.05) is 18.5 Å². The lowest BCUT2D eigenvalue weighted by atomic mass is 10.1. The van der Waals surface area contributed by atoms with Gasteiger partial charge in [0.05, 0.1) is 25.3 Å². The second kappa shape index (κ2) is 9.50. The van der Waals surface area contributed by atoms with E-state index >= 15 is 0 Å². The summed E-state index contributed by atoms with van der Waals surface area (Å²) in [7, 11) is 0. The van der Waals surface area contributed by atoms with Crippen LogP contribution in [-0.2, 0) is 9.59 Å². The van der Waals surface area contributed by atoms with Crippen molar-refractivity contribution in [3.8, 4) is 11.4 Å². The normalized spacial score (nSPS) is 10.4. The Morgan fingerprint density at radius 2 is 1.86 bits per heavy atom. The number of ether oxygens (including phenoxy) is 1. The molecule has 0 aliphatic heterocycles. The Balaban J connectivity index is 1.38. The van der Waals surface area contributed by atoms with E-state index in [0.717, 1.165) is 22.6 Å². The number of nitrogens with one attached hydrogen (secondary N) is 2. The molecule has 150 valence electrons. The molecule has 0 atom stereocenters. The van der Waals surface area contributed by atoms with Gasteiger partial charge in [-0.15, -0.1) is 0 Å². The van der Waals surface area contributed by atoms with E-state index in [-0.39, 0.29) is 31.4 Å². The number of carbonyl (C=O) groups excluding carboxylic acids is 2. The number of amides is 2. The first-order valence-electron chi connectivity index (χ1n) is 9.23. The summed E-state index contributed by atoms with van der Waals surface area (Å²) in [6.45, 7) is 4.14. The fourth-order valence-corrected chi connectivity index (χ4v) is 2.65. The van der Waals surface area contributed by atoms with Gasteiger partial charge >= 0.3 is 0 Å². The van der Waals surface area contributed by atoms with Gasteiger partial charge in [-0.05, 0) is 55.3 Å². The van der Waals surface area contributed by atoms with Gasteiger partial charge in [0.25, 0.3) is 0 Å². The summed E-state index contributed by atoms with van der Waals surface area (Å²) < 4.78 is 7.28. The Morgan fingerprint density at radius 3 is 2.59 bits per heavy atom. The standard InChI is InChI=1S/C21H23N5O3/c1-15-4-3-5-19(16(15)2)29-11-10-20(27)23-12-21(28)25-17-6-8-18(9-7-17)26-14-22-13-24-26/h3-9,13-14H,10-12H2,1-2H3,(H,23,27)(H,25,28). The molecule has 0 radical (unpaired) electrons. The topological polar surface area (TPSA) is 98.1 Å². The van der Waals surface area contributed by atoms with Gasteiger partial charge in [-0.25, -0.2) is 9.67 Å². The molecular weight excluding hydrogens is 370 g/mol. The zero-order chi connectivity index (χ0) is 20.6. The van der Waals surface area contributed by atoms with Crippen molar-refractivity contribution in [2.45, 2.75) is 20.3 Å². The molecule has 0 aliphatic rings. The van der Waals surface area contributed by atoms with Crippen molar-refractivity contribution < 1.29 is 14.3 Å². The highest BCUT2D eigenvalue weighted by Crippen LogP contribution is 2.20. The van der Waals surface area contributed by atoms with Crippen LogP contribution >= 0.6 is 0 Å². The van der Waals surface area contributed by atoms with Gasteiger partial charge in [-0.2, -0.15) is 5.10 Å². The number of anilines is 1. The molecule has 0 bridgehead atoms. The van der Waals surface area contributed by atoms with Crippen LogP contribution in [0.2, 0.25) is 0 Å². The maximum atomic E-state index is 12.0. The van der Waals surface area contributed by atoms with E-state index in [4.69, 9.17) is 4.74 Å². The maximum absolute atomic E-state index is 12.0. The predicted octanol–water partition coefficient (Wildman–Crippen LogP) is 2.41. The highest BCUT2D eigenvalue weighted by Gasteiger charge is 2.08. The Kier molecular flexibility index (Phi) is 6.57.